The highest BCUT2D eigenvalue weighted by Gasteiger charge is 2.21. The molecular formula is C11H12O3. The molecule has 1 rings (SSSR count). The second-order valence-electron chi connectivity index (χ2n) is 3.25. The fourth-order valence-corrected chi connectivity index (χ4v) is 1.42. The van der Waals surface area contributed by atoms with Gasteiger partial charge in [0.1, 0.15) is 23.2 Å². The van der Waals surface area contributed by atoms with Crippen LogP contribution in [0.1, 0.15) is 25.3 Å². The van der Waals surface area contributed by atoms with Gasteiger partial charge in [-0.2, -0.15) is 0 Å². The number of phenols is 1. The van der Waals surface area contributed by atoms with E-state index in [2.05, 4.69) is 0 Å². The number of phenolic OH excluding ortho intramolecular Hbond substituents is 1. The summed E-state index contributed by atoms with van der Waals surface area (Å²) in [6, 6.07) is 6.11. The fraction of sp³-hybridized carbons (Fsp3) is 0.273. The summed E-state index contributed by atoms with van der Waals surface area (Å²) in [5.74, 6) is -0.929. The van der Waals surface area contributed by atoms with Crippen molar-refractivity contribution < 1.29 is 14.7 Å². The Morgan fingerprint density at radius 2 is 1.50 bits per heavy atom. The smallest absolute Gasteiger partial charge is 0.144 e. The first kappa shape index (κ1) is 10.4. The van der Waals surface area contributed by atoms with E-state index in [1.165, 1.54) is 26.0 Å². The Morgan fingerprint density at radius 3 is 1.86 bits per heavy atom. The molecule has 0 radical (unpaired) electrons. The second kappa shape index (κ2) is 4.05. The van der Waals surface area contributed by atoms with E-state index in [0.29, 0.717) is 5.56 Å². The molecule has 3 nitrogen and oxygen atoms in total. The lowest BCUT2D eigenvalue weighted by Crippen LogP contribution is -2.16. The zero-order valence-corrected chi connectivity index (χ0v) is 8.15. The average Bonchev–Trinajstić information content (AvgIpc) is 2.07. The number of hydrogen-bond acceptors (Lipinski definition) is 3. The fourth-order valence-electron chi connectivity index (χ4n) is 1.42. The Kier molecular flexibility index (Phi) is 3.02. The van der Waals surface area contributed by atoms with E-state index in [1.807, 2.05) is 0 Å². The minimum Gasteiger partial charge on any atom is -0.508 e. The van der Waals surface area contributed by atoms with Crippen molar-refractivity contribution in [1.29, 1.82) is 0 Å². The Morgan fingerprint density at radius 1 is 1.07 bits per heavy atom. The first-order valence-corrected chi connectivity index (χ1v) is 4.32. The Bertz CT molecular complexity index is 337. The largest absolute Gasteiger partial charge is 0.508 e. The van der Waals surface area contributed by atoms with E-state index in [1.54, 1.807) is 12.1 Å². The maximum atomic E-state index is 11.2. The van der Waals surface area contributed by atoms with E-state index in [4.69, 9.17) is 5.11 Å². The highest BCUT2D eigenvalue weighted by Crippen LogP contribution is 2.20. The molecule has 0 aliphatic carbocycles. The highest BCUT2D eigenvalue weighted by molar-refractivity contribution is 6.05. The molecule has 1 aromatic carbocycles. The summed E-state index contributed by atoms with van der Waals surface area (Å²) >= 11 is 0. The number of rotatable bonds is 3. The van der Waals surface area contributed by atoms with Gasteiger partial charge in [0.05, 0.1) is 0 Å². The number of ketones is 2. The topological polar surface area (TPSA) is 54.4 Å². The number of Topliss-reactive ketones (excluding diaryl/α,β-unsaturated/α-hetero) is 2. The lowest BCUT2D eigenvalue weighted by atomic mass is 9.92. The molecule has 0 fully saturated rings. The minimum absolute atomic E-state index is 0.125. The zero-order valence-electron chi connectivity index (χ0n) is 8.15. The number of hydrogen-bond donors (Lipinski definition) is 1. The molecule has 0 bridgehead atoms. The van der Waals surface area contributed by atoms with Crippen LogP contribution in [0.15, 0.2) is 24.3 Å². The van der Waals surface area contributed by atoms with Crippen molar-refractivity contribution in [3.63, 3.8) is 0 Å². The molecule has 0 aliphatic rings. The summed E-state index contributed by atoms with van der Waals surface area (Å²) in [4.78, 5) is 22.4. The number of carbonyl (C=O) groups excluding carboxylic acids is 2. The first-order chi connectivity index (χ1) is 6.52. The molecule has 0 amide bonds. The van der Waals surface area contributed by atoms with Crippen molar-refractivity contribution in [2.75, 3.05) is 0 Å². The Labute approximate surface area is 82.4 Å². The molecule has 1 N–H and O–H groups in total. The summed E-state index contributed by atoms with van der Waals surface area (Å²) in [6.07, 6.45) is 0. The predicted octanol–water partition coefficient (Wildman–Crippen LogP) is 1.65. The zero-order chi connectivity index (χ0) is 10.7. The molecule has 3 heteroatoms. The Balaban J connectivity index is 3.06. The molecule has 0 atom stereocenters. The molecule has 0 saturated carbocycles. The van der Waals surface area contributed by atoms with Crippen molar-refractivity contribution in [1.82, 2.24) is 0 Å². The molecule has 74 valence electrons. The highest BCUT2D eigenvalue weighted by atomic mass is 16.3. The molecule has 0 aromatic heterocycles. The third-order valence-corrected chi connectivity index (χ3v) is 2.04. The third kappa shape index (κ3) is 2.19. The van der Waals surface area contributed by atoms with Crippen LogP contribution in [-0.4, -0.2) is 16.7 Å². The van der Waals surface area contributed by atoms with Crippen molar-refractivity contribution in [3.05, 3.63) is 29.8 Å². The van der Waals surface area contributed by atoms with Gasteiger partial charge in [-0.05, 0) is 31.5 Å². The van der Waals surface area contributed by atoms with Crippen LogP contribution in [-0.2, 0) is 9.59 Å². The van der Waals surface area contributed by atoms with E-state index >= 15 is 0 Å². The van der Waals surface area contributed by atoms with Crippen LogP contribution < -0.4 is 0 Å². The SMILES string of the molecule is CC(=O)C(C(C)=O)c1ccc(O)cc1. The second-order valence-corrected chi connectivity index (χ2v) is 3.25. The van der Waals surface area contributed by atoms with Gasteiger partial charge >= 0.3 is 0 Å². The molecule has 0 aliphatic heterocycles. The molecule has 0 spiro atoms. The predicted molar refractivity (Wildman–Crippen MR) is 52.2 cm³/mol. The van der Waals surface area contributed by atoms with Crippen LogP contribution in [0, 0.1) is 0 Å². The van der Waals surface area contributed by atoms with Crippen LogP contribution >= 0.6 is 0 Å². The number of benzene rings is 1. The molecule has 14 heavy (non-hydrogen) atoms. The summed E-state index contributed by atoms with van der Waals surface area (Å²) in [7, 11) is 0. The van der Waals surface area contributed by atoms with Gasteiger partial charge in [0.2, 0.25) is 0 Å². The van der Waals surface area contributed by atoms with Gasteiger partial charge in [-0.15, -0.1) is 0 Å². The van der Waals surface area contributed by atoms with Gasteiger partial charge < -0.3 is 5.11 Å². The monoisotopic (exact) mass is 192 g/mol. The summed E-state index contributed by atoms with van der Waals surface area (Å²) in [5, 5.41) is 9.05. The van der Waals surface area contributed by atoms with Crippen LogP contribution in [0.4, 0.5) is 0 Å². The third-order valence-electron chi connectivity index (χ3n) is 2.04. The van der Waals surface area contributed by atoms with Crippen molar-refractivity contribution in [2.45, 2.75) is 19.8 Å². The number of carbonyl (C=O) groups is 2. The standard InChI is InChI=1S/C11H12O3/c1-7(12)11(8(2)13)9-3-5-10(14)6-4-9/h3-6,11,14H,1-2H3. The molecule has 0 heterocycles. The first-order valence-electron chi connectivity index (χ1n) is 4.32. The average molecular weight is 192 g/mol. The van der Waals surface area contributed by atoms with E-state index < -0.39 is 5.92 Å². The van der Waals surface area contributed by atoms with Crippen molar-refractivity contribution in [3.8, 4) is 5.75 Å². The molecular weight excluding hydrogens is 180 g/mol. The van der Waals surface area contributed by atoms with E-state index in [0.717, 1.165) is 0 Å². The number of aromatic hydroxyl groups is 1. The minimum atomic E-state index is -0.699. The van der Waals surface area contributed by atoms with Gasteiger partial charge in [0, 0.05) is 0 Å². The van der Waals surface area contributed by atoms with Crippen LogP contribution in [0.25, 0.3) is 0 Å². The summed E-state index contributed by atoms with van der Waals surface area (Å²) in [5.41, 5.74) is 0.628. The molecule has 0 saturated heterocycles. The van der Waals surface area contributed by atoms with Crippen molar-refractivity contribution in [2.24, 2.45) is 0 Å². The summed E-state index contributed by atoms with van der Waals surface area (Å²) in [6.45, 7) is 2.78. The normalized spacial score (nSPS) is 10.2. The summed E-state index contributed by atoms with van der Waals surface area (Å²) < 4.78 is 0. The van der Waals surface area contributed by atoms with Gasteiger partial charge in [-0.25, -0.2) is 0 Å². The quantitative estimate of drug-likeness (QED) is 0.741. The maximum Gasteiger partial charge on any atom is 0.144 e. The van der Waals surface area contributed by atoms with Gasteiger partial charge in [-0.3, -0.25) is 9.59 Å². The van der Waals surface area contributed by atoms with Gasteiger partial charge in [-0.1, -0.05) is 12.1 Å². The van der Waals surface area contributed by atoms with Gasteiger partial charge in [0.25, 0.3) is 0 Å². The lowest BCUT2D eigenvalue weighted by molar-refractivity contribution is -0.126. The van der Waals surface area contributed by atoms with Gasteiger partial charge in [0.15, 0.2) is 0 Å². The van der Waals surface area contributed by atoms with E-state index in [9.17, 15) is 9.59 Å². The van der Waals surface area contributed by atoms with Crippen LogP contribution in [0.5, 0.6) is 5.75 Å². The maximum absolute atomic E-state index is 11.2. The van der Waals surface area contributed by atoms with E-state index in [-0.39, 0.29) is 17.3 Å². The molecule has 0 unspecified atom stereocenters. The van der Waals surface area contributed by atoms with Crippen molar-refractivity contribution >= 4 is 11.6 Å². The van der Waals surface area contributed by atoms with Crippen LogP contribution in [0.3, 0.4) is 0 Å². The van der Waals surface area contributed by atoms with Crippen LogP contribution in [0.2, 0.25) is 0 Å². The lowest BCUT2D eigenvalue weighted by Gasteiger charge is -2.09. The molecule has 1 aromatic rings. The Hall–Kier alpha value is -1.64.